The number of nitrogens with zero attached hydrogens (tertiary/aromatic N) is 1. The summed E-state index contributed by atoms with van der Waals surface area (Å²) in [7, 11) is -3.90. The summed E-state index contributed by atoms with van der Waals surface area (Å²) in [6.45, 7) is 0.631. The molecule has 1 aliphatic heterocycles. The molecule has 3 aromatic rings. The number of hydrogen-bond donors (Lipinski definition) is 1. The maximum atomic E-state index is 13.4. The quantitative estimate of drug-likeness (QED) is 0.636. The summed E-state index contributed by atoms with van der Waals surface area (Å²) in [4.78, 5) is 12.8. The molecule has 0 aliphatic carbocycles. The van der Waals surface area contributed by atoms with Gasteiger partial charge < -0.3 is 5.32 Å². The van der Waals surface area contributed by atoms with Gasteiger partial charge in [-0.25, -0.2) is 12.8 Å². The molecule has 1 N–H and O–H groups in total. The van der Waals surface area contributed by atoms with Crippen molar-refractivity contribution in [1.29, 1.82) is 0 Å². The van der Waals surface area contributed by atoms with Crippen molar-refractivity contribution in [2.24, 2.45) is 0 Å². The van der Waals surface area contributed by atoms with E-state index in [-0.39, 0.29) is 23.8 Å². The van der Waals surface area contributed by atoms with Crippen LogP contribution in [0.2, 0.25) is 0 Å². The van der Waals surface area contributed by atoms with Gasteiger partial charge in [-0.1, -0.05) is 54.6 Å². The second-order valence-corrected chi connectivity index (χ2v) is 9.39. The molecule has 31 heavy (non-hydrogen) atoms. The van der Waals surface area contributed by atoms with Crippen molar-refractivity contribution < 1.29 is 17.6 Å². The van der Waals surface area contributed by atoms with E-state index in [0.717, 1.165) is 28.8 Å². The van der Waals surface area contributed by atoms with Gasteiger partial charge in [-0.05, 0) is 47.4 Å². The zero-order valence-electron chi connectivity index (χ0n) is 16.9. The summed E-state index contributed by atoms with van der Waals surface area (Å²) in [5.41, 5.74) is 2.83. The van der Waals surface area contributed by atoms with E-state index in [0.29, 0.717) is 13.0 Å². The molecule has 0 bridgehead atoms. The number of carbonyl (C=O) groups is 1. The fourth-order valence-electron chi connectivity index (χ4n) is 3.91. The Kier molecular flexibility index (Phi) is 6.15. The first-order chi connectivity index (χ1) is 14.9. The van der Waals surface area contributed by atoms with Gasteiger partial charge in [-0.3, -0.25) is 4.79 Å². The summed E-state index contributed by atoms with van der Waals surface area (Å²) in [6, 6.07) is 21.3. The molecule has 0 unspecified atom stereocenters. The molecule has 0 fully saturated rings. The van der Waals surface area contributed by atoms with Crippen LogP contribution in [-0.2, 0) is 27.8 Å². The van der Waals surface area contributed by atoms with Crippen LogP contribution in [0.5, 0.6) is 0 Å². The summed E-state index contributed by atoms with van der Waals surface area (Å²) in [5, 5.41) is 2.89. The lowest BCUT2D eigenvalue weighted by molar-refractivity contribution is -0.122. The molecule has 160 valence electrons. The third-order valence-electron chi connectivity index (χ3n) is 5.49. The van der Waals surface area contributed by atoms with Gasteiger partial charge in [0, 0.05) is 19.5 Å². The van der Waals surface area contributed by atoms with Crippen LogP contribution < -0.4 is 5.32 Å². The van der Waals surface area contributed by atoms with E-state index in [9.17, 15) is 17.6 Å². The van der Waals surface area contributed by atoms with Crippen LogP contribution in [0, 0.1) is 5.82 Å². The van der Waals surface area contributed by atoms with Gasteiger partial charge in [0.2, 0.25) is 15.9 Å². The van der Waals surface area contributed by atoms with Crippen molar-refractivity contribution in [1.82, 2.24) is 9.62 Å². The number of halogens is 1. The lowest BCUT2D eigenvalue weighted by Crippen LogP contribution is -2.42. The monoisotopic (exact) mass is 438 g/mol. The number of hydrogen-bond acceptors (Lipinski definition) is 3. The van der Waals surface area contributed by atoms with Crippen molar-refractivity contribution >= 4 is 15.9 Å². The highest BCUT2D eigenvalue weighted by Gasteiger charge is 2.37. The van der Waals surface area contributed by atoms with Crippen molar-refractivity contribution in [3.05, 3.63) is 101 Å². The van der Waals surface area contributed by atoms with Gasteiger partial charge in [0.05, 0.1) is 10.9 Å². The second-order valence-electron chi connectivity index (χ2n) is 7.50. The second kappa shape index (κ2) is 8.99. The van der Waals surface area contributed by atoms with Gasteiger partial charge in [0.25, 0.3) is 0 Å². The van der Waals surface area contributed by atoms with Crippen LogP contribution in [-0.4, -0.2) is 25.2 Å². The molecule has 0 aromatic heterocycles. The van der Waals surface area contributed by atoms with E-state index in [1.54, 1.807) is 0 Å². The average Bonchev–Trinajstić information content (AvgIpc) is 2.79. The zero-order valence-corrected chi connectivity index (χ0v) is 17.7. The largest absolute Gasteiger partial charge is 0.352 e. The molecular weight excluding hydrogens is 415 g/mol. The number of amides is 1. The van der Waals surface area contributed by atoms with Crippen LogP contribution in [0.3, 0.4) is 0 Å². The zero-order chi connectivity index (χ0) is 21.8. The molecule has 3 aromatic carbocycles. The number of benzene rings is 3. The Labute approximate surface area is 181 Å². The van der Waals surface area contributed by atoms with Gasteiger partial charge in [0.15, 0.2) is 0 Å². The van der Waals surface area contributed by atoms with Crippen LogP contribution >= 0.6 is 0 Å². The molecule has 0 saturated carbocycles. The summed E-state index contributed by atoms with van der Waals surface area (Å²) in [6.07, 6.45) is 0.559. The molecule has 1 atom stereocenters. The van der Waals surface area contributed by atoms with Crippen molar-refractivity contribution in [3.8, 4) is 0 Å². The Balaban J connectivity index is 1.60. The Morgan fingerprint density at radius 1 is 0.968 bits per heavy atom. The summed E-state index contributed by atoms with van der Waals surface area (Å²) >= 11 is 0. The van der Waals surface area contributed by atoms with Gasteiger partial charge in [0.1, 0.15) is 5.82 Å². The van der Waals surface area contributed by atoms with E-state index >= 15 is 0 Å². The smallest absolute Gasteiger partial charge is 0.243 e. The first-order valence-corrected chi connectivity index (χ1v) is 11.5. The lowest BCUT2D eigenvalue weighted by Gasteiger charge is -2.36. The number of nitrogens with one attached hydrogen (secondary N) is 1. The maximum absolute atomic E-state index is 13.4. The minimum Gasteiger partial charge on any atom is -0.352 e. The molecule has 1 heterocycles. The van der Waals surface area contributed by atoms with E-state index in [1.807, 2.05) is 54.6 Å². The SMILES string of the molecule is O=C(C[C@@H]1c2ccccc2CCN1S(=O)(=O)c1ccc(F)cc1)NCc1ccccc1. The highest BCUT2D eigenvalue weighted by Crippen LogP contribution is 2.36. The molecule has 0 saturated heterocycles. The van der Waals surface area contributed by atoms with Crippen LogP contribution in [0.1, 0.15) is 29.2 Å². The fourth-order valence-corrected chi connectivity index (χ4v) is 5.52. The van der Waals surface area contributed by atoms with Crippen molar-refractivity contribution in [2.75, 3.05) is 6.54 Å². The predicted molar refractivity (Wildman–Crippen MR) is 116 cm³/mol. The normalized spacial score (nSPS) is 16.5. The molecule has 1 aliphatic rings. The number of rotatable bonds is 6. The highest BCUT2D eigenvalue weighted by molar-refractivity contribution is 7.89. The van der Waals surface area contributed by atoms with Gasteiger partial charge in [-0.2, -0.15) is 4.31 Å². The first-order valence-electron chi connectivity index (χ1n) is 10.1. The summed E-state index contributed by atoms with van der Waals surface area (Å²) < 4.78 is 41.4. The third-order valence-corrected chi connectivity index (χ3v) is 7.42. The Morgan fingerprint density at radius 3 is 2.39 bits per heavy atom. The molecule has 7 heteroatoms. The fraction of sp³-hybridized carbons (Fsp3) is 0.208. The van der Waals surface area contributed by atoms with E-state index in [1.165, 1.54) is 16.4 Å². The van der Waals surface area contributed by atoms with Crippen molar-refractivity contribution in [2.45, 2.75) is 30.3 Å². The van der Waals surface area contributed by atoms with E-state index in [2.05, 4.69) is 5.32 Å². The molecule has 0 radical (unpaired) electrons. The Bertz CT molecular complexity index is 1160. The molecule has 4 rings (SSSR count). The maximum Gasteiger partial charge on any atom is 0.243 e. The highest BCUT2D eigenvalue weighted by atomic mass is 32.2. The van der Waals surface area contributed by atoms with Gasteiger partial charge >= 0.3 is 0 Å². The van der Waals surface area contributed by atoms with E-state index in [4.69, 9.17) is 0 Å². The van der Waals surface area contributed by atoms with Crippen LogP contribution in [0.4, 0.5) is 4.39 Å². The molecule has 0 spiro atoms. The predicted octanol–water partition coefficient (Wildman–Crippen LogP) is 3.82. The number of carbonyl (C=O) groups excluding carboxylic acids is 1. The Hall–Kier alpha value is -3.03. The van der Waals surface area contributed by atoms with Gasteiger partial charge in [-0.15, -0.1) is 0 Å². The summed E-state index contributed by atoms with van der Waals surface area (Å²) in [5.74, 6) is -0.732. The Morgan fingerprint density at radius 2 is 1.65 bits per heavy atom. The number of fused-ring (bicyclic) bond motifs is 1. The van der Waals surface area contributed by atoms with Crippen molar-refractivity contribution in [3.63, 3.8) is 0 Å². The van der Waals surface area contributed by atoms with Crippen LogP contribution in [0.25, 0.3) is 0 Å². The molecule has 5 nitrogen and oxygen atoms in total. The first kappa shape index (κ1) is 21.2. The standard InChI is InChI=1S/C24H23FN2O3S/c25-20-10-12-21(13-11-20)31(29,30)27-15-14-19-8-4-5-9-22(19)23(27)16-24(28)26-17-18-6-2-1-3-7-18/h1-13,23H,14-17H2,(H,26,28)/t23-/m1/s1. The third kappa shape index (κ3) is 4.68. The van der Waals surface area contributed by atoms with E-state index < -0.39 is 21.9 Å². The molecule has 1 amide bonds. The topological polar surface area (TPSA) is 66.5 Å². The minimum atomic E-state index is -3.90. The van der Waals surface area contributed by atoms with Crippen LogP contribution in [0.15, 0.2) is 83.8 Å². The minimum absolute atomic E-state index is 0.00424. The number of sulfonamides is 1. The lowest BCUT2D eigenvalue weighted by atomic mass is 9.92. The molecular formula is C24H23FN2O3S. The average molecular weight is 439 g/mol.